The summed E-state index contributed by atoms with van der Waals surface area (Å²) in [6.45, 7) is 3.37. The molecule has 2 aliphatic rings. The van der Waals surface area contributed by atoms with Gasteiger partial charge < -0.3 is 9.64 Å². The number of methoxy groups -OCH3 is 1. The molecule has 0 aromatic carbocycles. The van der Waals surface area contributed by atoms with Crippen molar-refractivity contribution in [1.82, 2.24) is 10.2 Å². The van der Waals surface area contributed by atoms with Crippen LogP contribution >= 0.6 is 0 Å². The van der Waals surface area contributed by atoms with E-state index >= 15 is 0 Å². The van der Waals surface area contributed by atoms with E-state index in [1.807, 2.05) is 0 Å². The quantitative estimate of drug-likeness (QED) is 0.789. The van der Waals surface area contributed by atoms with Gasteiger partial charge in [-0.15, -0.1) is 0 Å². The van der Waals surface area contributed by atoms with Crippen LogP contribution in [0.1, 0.15) is 39.0 Å². The Balaban J connectivity index is 1.97. The predicted octanol–water partition coefficient (Wildman–Crippen LogP) is 1.36. The molecule has 0 bridgehead atoms. The molecule has 1 aliphatic carbocycles. The minimum absolute atomic E-state index is 0.255. The maximum Gasteiger partial charge on any atom is 0.238 e. The van der Waals surface area contributed by atoms with Gasteiger partial charge in [-0.1, -0.05) is 12.8 Å². The summed E-state index contributed by atoms with van der Waals surface area (Å²) < 4.78 is 5.11. The Hall–Kier alpha value is -0.610. The van der Waals surface area contributed by atoms with Crippen molar-refractivity contribution in [3.05, 3.63) is 0 Å². The topological polar surface area (TPSA) is 41.6 Å². The van der Waals surface area contributed by atoms with Crippen molar-refractivity contribution in [2.75, 3.05) is 20.3 Å². The first-order valence-corrected chi connectivity index (χ1v) is 6.77. The molecule has 2 fully saturated rings. The molecule has 2 rings (SSSR count). The van der Waals surface area contributed by atoms with E-state index in [9.17, 15) is 4.79 Å². The lowest BCUT2D eigenvalue weighted by atomic mass is 10.0. The standard InChI is InChI=1S/C13H24N2O2/c1-10(7-8-17-2)15-12(16)9-14-13(15)11-5-3-4-6-11/h10-11,13-14H,3-9H2,1-2H3. The minimum Gasteiger partial charge on any atom is -0.385 e. The molecule has 98 valence electrons. The van der Waals surface area contributed by atoms with Gasteiger partial charge in [0, 0.05) is 19.8 Å². The van der Waals surface area contributed by atoms with Gasteiger partial charge in [-0.2, -0.15) is 0 Å². The molecule has 1 amide bonds. The van der Waals surface area contributed by atoms with Gasteiger partial charge in [-0.25, -0.2) is 0 Å². The normalized spacial score (nSPS) is 28.0. The highest BCUT2D eigenvalue weighted by Gasteiger charge is 2.39. The highest BCUT2D eigenvalue weighted by Crippen LogP contribution is 2.32. The van der Waals surface area contributed by atoms with Gasteiger partial charge in [0.05, 0.1) is 12.7 Å². The lowest BCUT2D eigenvalue weighted by Gasteiger charge is -2.34. The zero-order valence-electron chi connectivity index (χ0n) is 10.9. The summed E-state index contributed by atoms with van der Waals surface area (Å²) in [4.78, 5) is 14.0. The monoisotopic (exact) mass is 240 g/mol. The second-order valence-electron chi connectivity index (χ2n) is 5.30. The van der Waals surface area contributed by atoms with Gasteiger partial charge in [-0.05, 0) is 32.1 Å². The van der Waals surface area contributed by atoms with E-state index < -0.39 is 0 Å². The Labute approximate surface area is 104 Å². The lowest BCUT2D eigenvalue weighted by Crippen LogP contribution is -2.47. The van der Waals surface area contributed by atoms with Crippen molar-refractivity contribution in [1.29, 1.82) is 0 Å². The molecule has 0 aromatic rings. The van der Waals surface area contributed by atoms with Crippen LogP contribution in [0.2, 0.25) is 0 Å². The largest absolute Gasteiger partial charge is 0.385 e. The van der Waals surface area contributed by atoms with Crippen molar-refractivity contribution in [2.45, 2.75) is 51.2 Å². The number of hydrogen-bond donors (Lipinski definition) is 1. The molecule has 17 heavy (non-hydrogen) atoms. The molecule has 4 heteroatoms. The molecule has 0 aromatic heterocycles. The van der Waals surface area contributed by atoms with E-state index in [1.54, 1.807) is 7.11 Å². The number of rotatable bonds is 5. The highest BCUT2D eigenvalue weighted by molar-refractivity contribution is 5.81. The molecular weight excluding hydrogens is 216 g/mol. The predicted molar refractivity (Wildman–Crippen MR) is 66.5 cm³/mol. The van der Waals surface area contributed by atoms with E-state index in [4.69, 9.17) is 4.74 Å². The molecule has 1 saturated heterocycles. The van der Waals surface area contributed by atoms with Gasteiger partial charge >= 0.3 is 0 Å². The van der Waals surface area contributed by atoms with Crippen molar-refractivity contribution >= 4 is 5.91 Å². The van der Waals surface area contributed by atoms with Crippen LogP contribution in [-0.2, 0) is 9.53 Å². The van der Waals surface area contributed by atoms with Crippen LogP contribution in [0.15, 0.2) is 0 Å². The van der Waals surface area contributed by atoms with Crippen LogP contribution < -0.4 is 5.32 Å². The first-order valence-electron chi connectivity index (χ1n) is 6.77. The lowest BCUT2D eigenvalue weighted by molar-refractivity contribution is -0.131. The van der Waals surface area contributed by atoms with Gasteiger partial charge in [-0.3, -0.25) is 10.1 Å². The molecule has 1 saturated carbocycles. The number of carbonyl (C=O) groups is 1. The fraction of sp³-hybridized carbons (Fsp3) is 0.923. The van der Waals surface area contributed by atoms with Gasteiger partial charge in [0.25, 0.3) is 0 Å². The average Bonchev–Trinajstić information content (AvgIpc) is 2.94. The summed E-state index contributed by atoms with van der Waals surface area (Å²) in [6, 6.07) is 0.281. The van der Waals surface area contributed by atoms with E-state index in [1.165, 1.54) is 25.7 Å². The maximum absolute atomic E-state index is 12.0. The molecule has 2 atom stereocenters. The summed E-state index contributed by atoms with van der Waals surface area (Å²) in [6.07, 6.45) is 6.36. The smallest absolute Gasteiger partial charge is 0.238 e. The average molecular weight is 240 g/mol. The number of amides is 1. The third-order valence-electron chi connectivity index (χ3n) is 4.11. The van der Waals surface area contributed by atoms with Crippen LogP contribution in [0.25, 0.3) is 0 Å². The van der Waals surface area contributed by atoms with Crippen molar-refractivity contribution in [2.24, 2.45) is 5.92 Å². The molecule has 2 unspecified atom stereocenters. The van der Waals surface area contributed by atoms with Crippen molar-refractivity contribution in [3.63, 3.8) is 0 Å². The third kappa shape index (κ3) is 2.80. The minimum atomic E-state index is 0.255. The third-order valence-corrected chi connectivity index (χ3v) is 4.11. The maximum atomic E-state index is 12.0. The Morgan fingerprint density at radius 3 is 2.82 bits per heavy atom. The zero-order chi connectivity index (χ0) is 12.3. The number of ether oxygens (including phenoxy) is 1. The van der Waals surface area contributed by atoms with E-state index in [2.05, 4.69) is 17.1 Å². The highest BCUT2D eigenvalue weighted by atomic mass is 16.5. The summed E-state index contributed by atoms with van der Waals surface area (Å²) >= 11 is 0. The molecule has 0 spiro atoms. The first-order chi connectivity index (χ1) is 8.24. The summed E-state index contributed by atoms with van der Waals surface area (Å²) in [5.74, 6) is 0.914. The van der Waals surface area contributed by atoms with E-state index in [0.29, 0.717) is 12.5 Å². The van der Waals surface area contributed by atoms with E-state index in [-0.39, 0.29) is 18.1 Å². The van der Waals surface area contributed by atoms with E-state index in [0.717, 1.165) is 13.0 Å². The molecular formula is C13H24N2O2. The zero-order valence-corrected chi connectivity index (χ0v) is 10.9. The second kappa shape index (κ2) is 5.83. The van der Waals surface area contributed by atoms with Gasteiger partial charge in [0.1, 0.15) is 0 Å². The van der Waals surface area contributed by atoms with Crippen LogP contribution in [0.4, 0.5) is 0 Å². The Morgan fingerprint density at radius 2 is 2.18 bits per heavy atom. The van der Waals surface area contributed by atoms with Crippen LogP contribution in [0.5, 0.6) is 0 Å². The Kier molecular flexibility index (Phi) is 4.40. The summed E-state index contributed by atoms with van der Waals surface area (Å²) in [5, 5.41) is 3.39. The van der Waals surface area contributed by atoms with Crippen molar-refractivity contribution < 1.29 is 9.53 Å². The summed E-state index contributed by atoms with van der Waals surface area (Å²) in [5.41, 5.74) is 0. The molecule has 1 heterocycles. The van der Waals surface area contributed by atoms with Crippen LogP contribution in [0, 0.1) is 5.92 Å². The molecule has 4 nitrogen and oxygen atoms in total. The van der Waals surface area contributed by atoms with Gasteiger partial charge in [0.15, 0.2) is 0 Å². The Morgan fingerprint density at radius 1 is 1.47 bits per heavy atom. The van der Waals surface area contributed by atoms with Crippen LogP contribution in [-0.4, -0.2) is 43.3 Å². The number of nitrogens with one attached hydrogen (secondary N) is 1. The van der Waals surface area contributed by atoms with Gasteiger partial charge in [0.2, 0.25) is 5.91 Å². The number of carbonyl (C=O) groups excluding carboxylic acids is 1. The molecule has 1 aliphatic heterocycles. The molecule has 0 radical (unpaired) electrons. The molecule has 1 N–H and O–H groups in total. The SMILES string of the molecule is COCCC(C)N1C(=O)CNC1C1CCCC1. The number of nitrogens with zero attached hydrogens (tertiary/aromatic N) is 1. The summed E-state index contributed by atoms with van der Waals surface area (Å²) in [7, 11) is 1.71. The second-order valence-corrected chi connectivity index (χ2v) is 5.30. The van der Waals surface area contributed by atoms with Crippen LogP contribution in [0.3, 0.4) is 0 Å². The number of hydrogen-bond acceptors (Lipinski definition) is 3. The Bertz CT molecular complexity index is 264. The fourth-order valence-corrected chi connectivity index (χ4v) is 3.15. The first kappa shape index (κ1) is 12.8. The fourth-order valence-electron chi connectivity index (χ4n) is 3.15. The van der Waals surface area contributed by atoms with Crippen molar-refractivity contribution in [3.8, 4) is 0 Å².